The van der Waals surface area contributed by atoms with Gasteiger partial charge in [-0.05, 0) is 12.1 Å². The van der Waals surface area contributed by atoms with E-state index in [1.54, 1.807) is 12.1 Å². The van der Waals surface area contributed by atoms with Crippen LogP contribution < -0.4 is 4.80 Å². The molecule has 26 heavy (non-hydrogen) atoms. The number of amides is 1. The standard InChI is InChI=1S/C20H15N3O2S/c1-2-12-23-16-10-6-7-11-18(16)26-20(23)21-19(24)15-13-17(25-22-15)14-8-4-3-5-9-14/h2-11,13H,1,12H2. The molecule has 0 spiro atoms. The van der Waals surface area contributed by atoms with Crippen LogP contribution in [-0.4, -0.2) is 15.6 Å². The monoisotopic (exact) mass is 361 g/mol. The van der Waals surface area contributed by atoms with Gasteiger partial charge in [-0.15, -0.1) is 6.58 Å². The molecule has 0 radical (unpaired) electrons. The minimum atomic E-state index is -0.430. The zero-order valence-corrected chi connectivity index (χ0v) is 14.6. The zero-order valence-electron chi connectivity index (χ0n) is 13.8. The largest absolute Gasteiger partial charge is 0.355 e. The lowest BCUT2D eigenvalue weighted by atomic mass is 10.1. The second-order valence-corrected chi connectivity index (χ2v) is 6.62. The summed E-state index contributed by atoms with van der Waals surface area (Å²) in [6.45, 7) is 4.36. The molecule has 0 N–H and O–H groups in total. The van der Waals surface area contributed by atoms with Crippen molar-refractivity contribution < 1.29 is 9.32 Å². The summed E-state index contributed by atoms with van der Waals surface area (Å²) < 4.78 is 8.32. The lowest BCUT2D eigenvalue weighted by molar-refractivity contribution is 0.0989. The van der Waals surface area contributed by atoms with Gasteiger partial charge in [0.1, 0.15) is 0 Å². The number of allylic oxidation sites excluding steroid dienone is 1. The number of carbonyl (C=O) groups is 1. The summed E-state index contributed by atoms with van der Waals surface area (Å²) in [6.07, 6.45) is 1.78. The number of hydrogen-bond donors (Lipinski definition) is 0. The first kappa shape index (κ1) is 16.2. The van der Waals surface area contributed by atoms with Crippen LogP contribution in [0, 0.1) is 0 Å². The molecule has 4 aromatic rings. The van der Waals surface area contributed by atoms with Gasteiger partial charge in [-0.1, -0.05) is 65.0 Å². The van der Waals surface area contributed by atoms with Crippen LogP contribution in [0.15, 0.2) is 82.8 Å². The summed E-state index contributed by atoms with van der Waals surface area (Å²) >= 11 is 1.46. The van der Waals surface area contributed by atoms with Crippen LogP contribution >= 0.6 is 11.3 Å². The number of thiazole rings is 1. The average molecular weight is 361 g/mol. The molecule has 0 fully saturated rings. The van der Waals surface area contributed by atoms with E-state index in [4.69, 9.17) is 4.52 Å². The van der Waals surface area contributed by atoms with Gasteiger partial charge in [-0.3, -0.25) is 4.79 Å². The van der Waals surface area contributed by atoms with Crippen LogP contribution in [0.5, 0.6) is 0 Å². The van der Waals surface area contributed by atoms with Gasteiger partial charge in [-0.25, -0.2) is 0 Å². The summed E-state index contributed by atoms with van der Waals surface area (Å²) in [5.74, 6) is 0.111. The lowest BCUT2D eigenvalue weighted by Crippen LogP contribution is -2.16. The molecule has 4 rings (SSSR count). The van der Waals surface area contributed by atoms with Crippen LogP contribution in [0.25, 0.3) is 21.5 Å². The smallest absolute Gasteiger partial charge is 0.301 e. The van der Waals surface area contributed by atoms with E-state index in [9.17, 15) is 4.79 Å². The molecule has 5 nitrogen and oxygen atoms in total. The van der Waals surface area contributed by atoms with Gasteiger partial charge in [0, 0.05) is 18.2 Å². The van der Waals surface area contributed by atoms with E-state index >= 15 is 0 Å². The highest BCUT2D eigenvalue weighted by Crippen LogP contribution is 2.20. The maximum Gasteiger partial charge on any atom is 0.301 e. The molecule has 128 valence electrons. The van der Waals surface area contributed by atoms with E-state index in [-0.39, 0.29) is 5.69 Å². The highest BCUT2D eigenvalue weighted by Gasteiger charge is 2.14. The second-order valence-electron chi connectivity index (χ2n) is 5.61. The summed E-state index contributed by atoms with van der Waals surface area (Å²) in [6, 6.07) is 19.1. The van der Waals surface area contributed by atoms with Crippen molar-refractivity contribution in [3.05, 3.63) is 83.8 Å². The Balaban J connectivity index is 1.74. The third kappa shape index (κ3) is 3.02. The fraction of sp³-hybridized carbons (Fsp3) is 0.0500. The van der Waals surface area contributed by atoms with Crippen LogP contribution in [0.2, 0.25) is 0 Å². The normalized spacial score (nSPS) is 11.8. The molecule has 6 heteroatoms. The number of aromatic nitrogens is 2. The fourth-order valence-corrected chi connectivity index (χ4v) is 3.71. The van der Waals surface area contributed by atoms with Crippen molar-refractivity contribution in [1.29, 1.82) is 0 Å². The first-order chi connectivity index (χ1) is 12.8. The highest BCUT2D eigenvalue weighted by molar-refractivity contribution is 7.16. The minimum absolute atomic E-state index is 0.187. The van der Waals surface area contributed by atoms with Gasteiger partial charge in [0.25, 0.3) is 0 Å². The molecule has 0 aliphatic carbocycles. The molecule has 0 aliphatic rings. The summed E-state index contributed by atoms with van der Waals surface area (Å²) in [4.78, 5) is 17.4. The molecule has 0 aliphatic heterocycles. The van der Waals surface area contributed by atoms with E-state index < -0.39 is 5.91 Å². The molecule has 2 aromatic carbocycles. The molecule has 0 saturated carbocycles. The Labute approximate surface area is 153 Å². The molecule has 1 amide bonds. The van der Waals surface area contributed by atoms with E-state index in [1.165, 1.54) is 11.3 Å². The van der Waals surface area contributed by atoms with Crippen molar-refractivity contribution in [3.8, 4) is 11.3 Å². The number of fused-ring (bicyclic) bond motifs is 1. The number of benzene rings is 2. The van der Waals surface area contributed by atoms with Crippen molar-refractivity contribution >= 4 is 27.5 Å². The van der Waals surface area contributed by atoms with Gasteiger partial charge in [0.2, 0.25) is 0 Å². The van der Waals surface area contributed by atoms with Crippen LogP contribution in [0.1, 0.15) is 10.5 Å². The fourth-order valence-electron chi connectivity index (χ4n) is 2.67. The Morgan fingerprint density at radius 2 is 1.96 bits per heavy atom. The third-order valence-electron chi connectivity index (χ3n) is 3.88. The molecule has 0 atom stereocenters. The van der Waals surface area contributed by atoms with Gasteiger partial charge in [-0.2, -0.15) is 4.99 Å². The number of carbonyl (C=O) groups excluding carboxylic acids is 1. The molecule has 0 saturated heterocycles. The number of rotatable bonds is 4. The van der Waals surface area contributed by atoms with E-state index in [0.29, 0.717) is 17.1 Å². The van der Waals surface area contributed by atoms with E-state index in [2.05, 4.69) is 16.7 Å². The second kappa shape index (κ2) is 6.93. The molecular formula is C20H15N3O2S. The Bertz CT molecular complexity index is 1150. The SMILES string of the molecule is C=CCn1c(=NC(=O)c2cc(-c3ccccc3)on2)sc2ccccc21. The highest BCUT2D eigenvalue weighted by atomic mass is 32.1. The maximum absolute atomic E-state index is 12.6. The number of para-hydroxylation sites is 1. The zero-order chi connectivity index (χ0) is 17.9. The van der Waals surface area contributed by atoms with Crippen molar-refractivity contribution in [2.24, 2.45) is 4.99 Å². The summed E-state index contributed by atoms with van der Waals surface area (Å²) in [7, 11) is 0. The predicted molar refractivity (Wildman–Crippen MR) is 102 cm³/mol. The topological polar surface area (TPSA) is 60.4 Å². The number of nitrogens with zero attached hydrogens (tertiary/aromatic N) is 3. The van der Waals surface area contributed by atoms with Gasteiger partial charge in [0.15, 0.2) is 16.3 Å². The molecule has 0 bridgehead atoms. The van der Waals surface area contributed by atoms with Crippen molar-refractivity contribution in [3.63, 3.8) is 0 Å². The van der Waals surface area contributed by atoms with Gasteiger partial charge < -0.3 is 9.09 Å². The quantitative estimate of drug-likeness (QED) is 0.510. The Morgan fingerprint density at radius 1 is 1.19 bits per heavy atom. The third-order valence-corrected chi connectivity index (χ3v) is 4.94. The summed E-state index contributed by atoms with van der Waals surface area (Å²) in [5, 5.41) is 3.88. The van der Waals surface area contributed by atoms with Crippen molar-refractivity contribution in [1.82, 2.24) is 9.72 Å². The molecule has 2 heterocycles. The summed E-state index contributed by atoms with van der Waals surface area (Å²) in [5.41, 5.74) is 2.07. The van der Waals surface area contributed by atoms with Crippen LogP contribution in [-0.2, 0) is 6.54 Å². The molecule has 2 aromatic heterocycles. The average Bonchev–Trinajstić information content (AvgIpc) is 3.29. The Kier molecular flexibility index (Phi) is 4.33. The maximum atomic E-state index is 12.6. The molecular weight excluding hydrogens is 346 g/mol. The molecule has 0 unspecified atom stereocenters. The Morgan fingerprint density at radius 3 is 2.77 bits per heavy atom. The van der Waals surface area contributed by atoms with Crippen LogP contribution in [0.3, 0.4) is 0 Å². The van der Waals surface area contributed by atoms with Gasteiger partial charge in [0.05, 0.1) is 10.2 Å². The van der Waals surface area contributed by atoms with Crippen molar-refractivity contribution in [2.45, 2.75) is 6.54 Å². The van der Waals surface area contributed by atoms with E-state index in [1.807, 2.05) is 59.2 Å². The van der Waals surface area contributed by atoms with Gasteiger partial charge >= 0.3 is 5.91 Å². The first-order valence-electron chi connectivity index (χ1n) is 8.07. The first-order valence-corrected chi connectivity index (χ1v) is 8.88. The minimum Gasteiger partial charge on any atom is -0.355 e. The van der Waals surface area contributed by atoms with E-state index in [0.717, 1.165) is 15.8 Å². The number of hydrogen-bond acceptors (Lipinski definition) is 4. The lowest BCUT2D eigenvalue weighted by Gasteiger charge is -1.99. The predicted octanol–water partition coefficient (Wildman–Crippen LogP) is 4.28. The van der Waals surface area contributed by atoms with Crippen LogP contribution in [0.4, 0.5) is 0 Å². The Hall–Kier alpha value is -3.25. The van der Waals surface area contributed by atoms with Crippen molar-refractivity contribution in [2.75, 3.05) is 0 Å².